The van der Waals surface area contributed by atoms with E-state index in [1.165, 1.54) is 5.56 Å². The first-order valence-electron chi connectivity index (χ1n) is 9.31. The minimum Gasteiger partial charge on any atom is -0.391 e. The Labute approximate surface area is 175 Å². The van der Waals surface area contributed by atoms with Crippen molar-refractivity contribution >= 4 is 17.8 Å². The molecule has 0 spiro atoms. The fourth-order valence-corrected chi connectivity index (χ4v) is 3.07. The Hall–Kier alpha value is -3.37. The minimum atomic E-state index is 0.417. The average molecular weight is 402 g/mol. The van der Waals surface area contributed by atoms with Gasteiger partial charge >= 0.3 is 0 Å². The molecule has 1 heterocycles. The van der Waals surface area contributed by atoms with Crippen molar-refractivity contribution < 1.29 is 4.84 Å². The van der Waals surface area contributed by atoms with E-state index in [-0.39, 0.29) is 0 Å². The van der Waals surface area contributed by atoms with Gasteiger partial charge in [-0.15, -0.1) is 0 Å². The zero-order valence-corrected chi connectivity index (χ0v) is 16.8. The van der Waals surface area contributed by atoms with E-state index in [0.717, 1.165) is 22.5 Å². The second kappa shape index (κ2) is 8.76. The van der Waals surface area contributed by atoms with Gasteiger partial charge in [-0.05, 0) is 42.8 Å². The number of hydrogen-bond donors (Lipinski definition) is 0. The number of nitrogens with zero attached hydrogens (tertiary/aromatic N) is 3. The Morgan fingerprint density at radius 3 is 2.41 bits per heavy atom. The molecule has 0 saturated carbocycles. The van der Waals surface area contributed by atoms with E-state index in [4.69, 9.17) is 21.5 Å². The molecule has 0 radical (unpaired) electrons. The van der Waals surface area contributed by atoms with Gasteiger partial charge in [0.2, 0.25) is 0 Å². The lowest BCUT2D eigenvalue weighted by molar-refractivity contribution is 0.132. The van der Waals surface area contributed by atoms with Crippen LogP contribution in [0.3, 0.4) is 0 Å². The van der Waals surface area contributed by atoms with Crippen LogP contribution >= 0.6 is 11.6 Å². The van der Waals surface area contributed by atoms with Crippen molar-refractivity contribution in [3.8, 4) is 16.9 Å². The van der Waals surface area contributed by atoms with Crippen molar-refractivity contribution in [2.75, 3.05) is 0 Å². The predicted octanol–water partition coefficient (Wildman–Crippen LogP) is 6.05. The molecule has 0 aliphatic carbocycles. The summed E-state index contributed by atoms with van der Waals surface area (Å²) >= 11 is 6.05. The molecule has 5 heteroatoms. The summed E-state index contributed by atoms with van der Waals surface area (Å²) in [6, 6.07) is 27.9. The molecule has 0 fully saturated rings. The SMILES string of the molecule is Cc1ccc(-n2nc(/C=N\OCc3ccccc3)cc2-c2ccc(Cl)cc2)cc1. The summed E-state index contributed by atoms with van der Waals surface area (Å²) in [6.07, 6.45) is 1.63. The summed E-state index contributed by atoms with van der Waals surface area (Å²) in [5.41, 5.74) is 5.93. The second-order valence-corrected chi connectivity index (χ2v) is 7.14. The molecule has 144 valence electrons. The van der Waals surface area contributed by atoms with Crippen LogP contribution in [0.25, 0.3) is 16.9 Å². The van der Waals surface area contributed by atoms with Crippen LogP contribution in [-0.4, -0.2) is 16.0 Å². The summed E-state index contributed by atoms with van der Waals surface area (Å²) in [5, 5.41) is 9.49. The van der Waals surface area contributed by atoms with Gasteiger partial charge in [-0.1, -0.05) is 76.9 Å². The highest BCUT2D eigenvalue weighted by Gasteiger charge is 2.11. The summed E-state index contributed by atoms with van der Waals surface area (Å²) in [4.78, 5) is 5.42. The number of aromatic nitrogens is 2. The minimum absolute atomic E-state index is 0.417. The summed E-state index contributed by atoms with van der Waals surface area (Å²) in [6.45, 7) is 2.48. The molecule has 3 aromatic carbocycles. The van der Waals surface area contributed by atoms with Gasteiger partial charge < -0.3 is 4.84 Å². The van der Waals surface area contributed by atoms with E-state index < -0.39 is 0 Å². The number of hydrogen-bond acceptors (Lipinski definition) is 3. The second-order valence-electron chi connectivity index (χ2n) is 6.70. The van der Waals surface area contributed by atoms with Crippen molar-refractivity contribution in [2.24, 2.45) is 5.16 Å². The normalized spacial score (nSPS) is 11.1. The zero-order chi connectivity index (χ0) is 20.1. The lowest BCUT2D eigenvalue weighted by Gasteiger charge is -2.08. The van der Waals surface area contributed by atoms with Crippen molar-refractivity contribution in [1.29, 1.82) is 0 Å². The van der Waals surface area contributed by atoms with Crippen LogP contribution in [-0.2, 0) is 11.4 Å². The van der Waals surface area contributed by atoms with Crippen molar-refractivity contribution in [2.45, 2.75) is 13.5 Å². The monoisotopic (exact) mass is 401 g/mol. The van der Waals surface area contributed by atoms with Crippen LogP contribution in [0.4, 0.5) is 0 Å². The maximum atomic E-state index is 6.05. The molecule has 0 atom stereocenters. The maximum absolute atomic E-state index is 6.05. The van der Waals surface area contributed by atoms with Crippen LogP contribution in [0.2, 0.25) is 5.02 Å². The van der Waals surface area contributed by atoms with Gasteiger partial charge in [0.25, 0.3) is 0 Å². The molecular weight excluding hydrogens is 382 g/mol. The third-order valence-electron chi connectivity index (χ3n) is 4.48. The molecule has 1 aromatic heterocycles. The lowest BCUT2D eigenvalue weighted by Crippen LogP contribution is -1.99. The summed E-state index contributed by atoms with van der Waals surface area (Å²) in [5.74, 6) is 0. The van der Waals surface area contributed by atoms with Gasteiger partial charge in [0.1, 0.15) is 12.3 Å². The van der Waals surface area contributed by atoms with Crippen LogP contribution in [0.5, 0.6) is 0 Å². The molecule has 0 saturated heterocycles. The van der Waals surface area contributed by atoms with Gasteiger partial charge in [-0.25, -0.2) is 4.68 Å². The molecule has 4 rings (SSSR count). The third-order valence-corrected chi connectivity index (χ3v) is 4.73. The number of oxime groups is 1. The Balaban J connectivity index is 1.61. The Morgan fingerprint density at radius 1 is 0.966 bits per heavy atom. The van der Waals surface area contributed by atoms with Crippen LogP contribution < -0.4 is 0 Å². The van der Waals surface area contributed by atoms with E-state index in [9.17, 15) is 0 Å². The number of rotatable bonds is 6. The van der Waals surface area contributed by atoms with Gasteiger partial charge in [-0.2, -0.15) is 5.10 Å². The average Bonchev–Trinajstić information content (AvgIpc) is 3.17. The molecule has 0 unspecified atom stereocenters. The first-order chi connectivity index (χ1) is 14.2. The quantitative estimate of drug-likeness (QED) is 0.291. The molecule has 4 aromatic rings. The molecule has 4 nitrogen and oxygen atoms in total. The number of halogens is 1. The smallest absolute Gasteiger partial charge is 0.142 e. The van der Waals surface area contributed by atoms with Crippen LogP contribution in [0.1, 0.15) is 16.8 Å². The van der Waals surface area contributed by atoms with Gasteiger partial charge in [0.15, 0.2) is 0 Å². The number of benzene rings is 3. The third kappa shape index (κ3) is 4.73. The predicted molar refractivity (Wildman–Crippen MR) is 118 cm³/mol. The largest absolute Gasteiger partial charge is 0.391 e. The molecular formula is C24H20ClN3O. The number of aryl methyl sites for hydroxylation is 1. The fraction of sp³-hybridized carbons (Fsp3) is 0.0833. The maximum Gasteiger partial charge on any atom is 0.142 e. The topological polar surface area (TPSA) is 39.4 Å². The first-order valence-corrected chi connectivity index (χ1v) is 9.69. The van der Waals surface area contributed by atoms with E-state index in [1.807, 2.05) is 65.3 Å². The van der Waals surface area contributed by atoms with E-state index in [0.29, 0.717) is 17.3 Å². The van der Waals surface area contributed by atoms with E-state index in [1.54, 1.807) is 6.21 Å². The molecule has 0 amide bonds. The highest BCUT2D eigenvalue weighted by atomic mass is 35.5. The molecule has 29 heavy (non-hydrogen) atoms. The van der Waals surface area contributed by atoms with Crippen LogP contribution in [0, 0.1) is 6.92 Å². The Morgan fingerprint density at radius 2 is 1.69 bits per heavy atom. The first kappa shape index (κ1) is 19.0. The van der Waals surface area contributed by atoms with E-state index in [2.05, 4.69) is 36.3 Å². The van der Waals surface area contributed by atoms with Gasteiger partial charge in [-0.3, -0.25) is 0 Å². The van der Waals surface area contributed by atoms with Gasteiger partial charge in [0.05, 0.1) is 17.6 Å². The molecule has 0 bridgehead atoms. The zero-order valence-electron chi connectivity index (χ0n) is 16.0. The molecule has 0 aliphatic rings. The van der Waals surface area contributed by atoms with E-state index >= 15 is 0 Å². The van der Waals surface area contributed by atoms with Crippen molar-refractivity contribution in [3.05, 3.63) is 107 Å². The van der Waals surface area contributed by atoms with Crippen molar-refractivity contribution in [1.82, 2.24) is 9.78 Å². The fourth-order valence-electron chi connectivity index (χ4n) is 2.95. The highest BCUT2D eigenvalue weighted by molar-refractivity contribution is 6.30. The Bertz CT molecular complexity index is 1040. The highest BCUT2D eigenvalue weighted by Crippen LogP contribution is 2.25. The van der Waals surface area contributed by atoms with Crippen molar-refractivity contribution in [3.63, 3.8) is 0 Å². The summed E-state index contributed by atoms with van der Waals surface area (Å²) in [7, 11) is 0. The van der Waals surface area contributed by atoms with Gasteiger partial charge in [0, 0.05) is 10.6 Å². The van der Waals surface area contributed by atoms with Crippen LogP contribution in [0.15, 0.2) is 90.1 Å². The summed E-state index contributed by atoms with van der Waals surface area (Å²) < 4.78 is 1.90. The Kier molecular flexibility index (Phi) is 5.73. The molecule has 0 aliphatic heterocycles. The molecule has 0 N–H and O–H groups in total. The standard InChI is InChI=1S/C24H20ClN3O/c1-18-7-13-23(14-8-18)28-24(20-9-11-21(25)12-10-20)15-22(27-28)16-26-29-17-19-5-3-2-4-6-19/h2-16H,17H2,1H3/b26-16-. The lowest BCUT2D eigenvalue weighted by atomic mass is 10.1.